The Balaban J connectivity index is 1.70. The van der Waals surface area contributed by atoms with E-state index in [1.807, 2.05) is 13.0 Å². The number of benzene rings is 1. The van der Waals surface area contributed by atoms with Crippen LogP contribution in [-0.4, -0.2) is 56.0 Å². The van der Waals surface area contributed by atoms with E-state index in [4.69, 9.17) is 0 Å². The van der Waals surface area contributed by atoms with Crippen molar-refractivity contribution in [2.75, 3.05) is 13.1 Å². The van der Waals surface area contributed by atoms with E-state index in [1.54, 1.807) is 43.0 Å². The molecule has 1 aromatic carbocycles. The van der Waals surface area contributed by atoms with Crippen LogP contribution < -0.4 is 0 Å². The molecule has 1 aliphatic rings. The molecule has 3 rings (SSSR count). The average molecular weight is 367 g/mol. The number of hydrogen-bond acceptors (Lipinski definition) is 4. The highest BCUT2D eigenvalue weighted by Crippen LogP contribution is 2.23. The van der Waals surface area contributed by atoms with E-state index >= 15 is 0 Å². The van der Waals surface area contributed by atoms with Crippen molar-refractivity contribution in [1.29, 1.82) is 0 Å². The summed E-state index contributed by atoms with van der Waals surface area (Å²) in [5, 5.41) is 27.2. The highest BCUT2D eigenvalue weighted by Gasteiger charge is 2.34. The third-order valence-corrected chi connectivity index (χ3v) is 4.55. The van der Waals surface area contributed by atoms with Gasteiger partial charge in [0.2, 0.25) is 0 Å². The molecule has 2 aromatic rings. The minimum absolute atomic E-state index is 0.0326. The zero-order valence-electron chi connectivity index (χ0n) is 15.9. The van der Waals surface area contributed by atoms with Gasteiger partial charge in [0.25, 0.3) is 5.91 Å². The zero-order valence-corrected chi connectivity index (χ0v) is 15.9. The summed E-state index contributed by atoms with van der Waals surface area (Å²) < 4.78 is 0. The second-order valence-electron chi connectivity index (χ2n) is 7.67. The fourth-order valence-corrected chi connectivity index (χ4v) is 3.21. The predicted octanol–water partition coefficient (Wildman–Crippen LogP) is 1.52. The van der Waals surface area contributed by atoms with E-state index < -0.39 is 11.7 Å². The molecule has 3 N–H and O–H groups in total. The first-order chi connectivity index (χ1) is 12.7. The quantitative estimate of drug-likeness (QED) is 0.718. The van der Waals surface area contributed by atoms with Gasteiger partial charge in [0.15, 0.2) is 0 Å². The van der Waals surface area contributed by atoms with Gasteiger partial charge in [-0.3, -0.25) is 9.89 Å². The Bertz CT molecular complexity index is 886. The van der Waals surface area contributed by atoms with E-state index in [9.17, 15) is 15.0 Å². The van der Waals surface area contributed by atoms with Crippen molar-refractivity contribution < 1.29 is 15.0 Å². The summed E-state index contributed by atoms with van der Waals surface area (Å²) in [4.78, 5) is 14.5. The van der Waals surface area contributed by atoms with Gasteiger partial charge in [-0.2, -0.15) is 5.10 Å². The molecule has 0 aliphatic carbocycles. The Morgan fingerprint density at radius 1 is 1.37 bits per heavy atom. The molecule has 2 atom stereocenters. The third kappa shape index (κ3) is 4.97. The SMILES string of the molecule is Cc1cc(C[C@@H]2CN(C(=O)c3cccc(C#CC(C)(C)O)c3)C[C@@H]2O)n[nH]1. The molecular formula is C21H25N3O3. The van der Waals surface area contributed by atoms with Crippen LogP contribution >= 0.6 is 0 Å². The fourth-order valence-electron chi connectivity index (χ4n) is 3.21. The highest BCUT2D eigenvalue weighted by molar-refractivity contribution is 5.94. The molecule has 0 radical (unpaired) electrons. The minimum Gasteiger partial charge on any atom is -0.391 e. The highest BCUT2D eigenvalue weighted by atomic mass is 16.3. The van der Waals surface area contributed by atoms with Crippen molar-refractivity contribution in [3.05, 3.63) is 52.8 Å². The maximum Gasteiger partial charge on any atom is 0.253 e. The molecule has 1 saturated heterocycles. The molecule has 2 heterocycles. The Kier molecular flexibility index (Phi) is 5.36. The number of nitrogens with zero attached hydrogens (tertiary/aromatic N) is 2. The number of aliphatic hydroxyl groups is 2. The van der Waals surface area contributed by atoms with Gasteiger partial charge in [-0.15, -0.1) is 0 Å². The molecule has 142 valence electrons. The summed E-state index contributed by atoms with van der Waals surface area (Å²) in [5.41, 5.74) is 1.99. The lowest BCUT2D eigenvalue weighted by Gasteiger charge is -2.16. The lowest BCUT2D eigenvalue weighted by Crippen LogP contribution is -2.29. The number of nitrogens with one attached hydrogen (secondary N) is 1. The maximum absolute atomic E-state index is 12.8. The number of amides is 1. The Morgan fingerprint density at radius 2 is 2.15 bits per heavy atom. The lowest BCUT2D eigenvalue weighted by atomic mass is 10.00. The van der Waals surface area contributed by atoms with Crippen molar-refractivity contribution in [3.8, 4) is 11.8 Å². The first kappa shape index (κ1) is 19.2. The molecule has 1 amide bonds. The Hall–Kier alpha value is -2.62. The van der Waals surface area contributed by atoms with Gasteiger partial charge in [0, 0.05) is 35.8 Å². The van der Waals surface area contributed by atoms with Crippen LogP contribution in [0.25, 0.3) is 0 Å². The molecular weight excluding hydrogens is 342 g/mol. The summed E-state index contributed by atoms with van der Waals surface area (Å²) in [5.74, 6) is 5.48. The molecule has 1 aromatic heterocycles. The number of aryl methyl sites for hydroxylation is 1. The summed E-state index contributed by atoms with van der Waals surface area (Å²) in [7, 11) is 0. The Labute approximate surface area is 159 Å². The lowest BCUT2D eigenvalue weighted by molar-refractivity contribution is 0.0764. The van der Waals surface area contributed by atoms with Crippen molar-refractivity contribution in [2.24, 2.45) is 5.92 Å². The number of aromatic amines is 1. The monoisotopic (exact) mass is 367 g/mol. The van der Waals surface area contributed by atoms with E-state index in [0.29, 0.717) is 30.6 Å². The topological polar surface area (TPSA) is 89.5 Å². The van der Waals surface area contributed by atoms with Crippen LogP contribution in [0.4, 0.5) is 0 Å². The summed E-state index contributed by atoms with van der Waals surface area (Å²) in [6.07, 6.45) is 0.0657. The standard InChI is InChI=1S/C21H25N3O3/c1-14-9-18(23-22-14)11-17-12-24(13-19(17)25)20(26)16-6-4-5-15(10-16)7-8-21(2,3)27/h4-6,9-10,17,19,25,27H,11-13H2,1-3H3,(H,22,23)/t17-,19+/m1/s1. The summed E-state index contributed by atoms with van der Waals surface area (Å²) >= 11 is 0. The number of aliphatic hydroxyl groups excluding tert-OH is 1. The van der Waals surface area contributed by atoms with Crippen molar-refractivity contribution in [2.45, 2.75) is 38.9 Å². The van der Waals surface area contributed by atoms with E-state index in [2.05, 4.69) is 22.0 Å². The van der Waals surface area contributed by atoms with Crippen LogP contribution in [-0.2, 0) is 6.42 Å². The average Bonchev–Trinajstić information content (AvgIpc) is 3.18. The molecule has 0 unspecified atom stereocenters. The van der Waals surface area contributed by atoms with Crippen LogP contribution in [0.3, 0.4) is 0 Å². The number of likely N-dealkylation sites (tertiary alicyclic amines) is 1. The molecule has 0 spiro atoms. The number of hydrogen-bond donors (Lipinski definition) is 3. The second-order valence-corrected chi connectivity index (χ2v) is 7.67. The van der Waals surface area contributed by atoms with Crippen molar-refractivity contribution >= 4 is 5.91 Å². The Morgan fingerprint density at radius 3 is 2.81 bits per heavy atom. The summed E-state index contributed by atoms with van der Waals surface area (Å²) in [6.45, 7) is 5.96. The summed E-state index contributed by atoms with van der Waals surface area (Å²) in [6, 6.07) is 9.00. The third-order valence-electron chi connectivity index (χ3n) is 4.55. The van der Waals surface area contributed by atoms with Crippen LogP contribution in [0.15, 0.2) is 30.3 Å². The fraction of sp³-hybridized carbons (Fsp3) is 0.429. The molecule has 0 saturated carbocycles. The van der Waals surface area contributed by atoms with Crippen LogP contribution in [0.5, 0.6) is 0 Å². The molecule has 0 bridgehead atoms. The van der Waals surface area contributed by atoms with Gasteiger partial charge in [-0.05, 0) is 51.5 Å². The van der Waals surface area contributed by atoms with Gasteiger partial charge < -0.3 is 15.1 Å². The molecule has 6 heteroatoms. The van der Waals surface area contributed by atoms with Crippen molar-refractivity contribution in [3.63, 3.8) is 0 Å². The first-order valence-corrected chi connectivity index (χ1v) is 9.05. The first-order valence-electron chi connectivity index (χ1n) is 9.05. The van der Waals surface area contributed by atoms with Gasteiger partial charge in [-0.1, -0.05) is 17.9 Å². The van der Waals surface area contributed by atoms with Gasteiger partial charge in [-0.25, -0.2) is 0 Å². The minimum atomic E-state index is -1.09. The van der Waals surface area contributed by atoms with E-state index in [1.165, 1.54) is 0 Å². The predicted molar refractivity (Wildman–Crippen MR) is 102 cm³/mol. The van der Waals surface area contributed by atoms with Crippen LogP contribution in [0.2, 0.25) is 0 Å². The number of rotatable bonds is 3. The normalized spacial score (nSPS) is 19.7. The molecule has 1 fully saturated rings. The maximum atomic E-state index is 12.8. The number of aromatic nitrogens is 2. The van der Waals surface area contributed by atoms with Gasteiger partial charge in [0.1, 0.15) is 5.60 Å². The molecule has 1 aliphatic heterocycles. The van der Waals surface area contributed by atoms with Crippen molar-refractivity contribution in [1.82, 2.24) is 15.1 Å². The van der Waals surface area contributed by atoms with E-state index in [0.717, 1.165) is 11.4 Å². The smallest absolute Gasteiger partial charge is 0.253 e. The number of H-pyrrole nitrogens is 1. The largest absolute Gasteiger partial charge is 0.391 e. The number of β-amino-alcohol motifs (C(OH)–C–C–N with tert-alkyl or cyclic N) is 1. The van der Waals surface area contributed by atoms with Gasteiger partial charge in [0.05, 0.1) is 11.8 Å². The van der Waals surface area contributed by atoms with E-state index in [-0.39, 0.29) is 11.8 Å². The van der Waals surface area contributed by atoms with Crippen LogP contribution in [0.1, 0.15) is 41.2 Å². The van der Waals surface area contributed by atoms with Crippen LogP contribution in [0, 0.1) is 24.7 Å². The zero-order chi connectivity index (χ0) is 19.6. The molecule has 27 heavy (non-hydrogen) atoms. The molecule has 6 nitrogen and oxygen atoms in total. The van der Waals surface area contributed by atoms with Gasteiger partial charge >= 0.3 is 0 Å². The number of carbonyl (C=O) groups excluding carboxylic acids is 1. The second kappa shape index (κ2) is 7.55. The number of carbonyl (C=O) groups is 1.